The number of likely N-dealkylation sites (tertiary alicyclic amines) is 1. The fourth-order valence-corrected chi connectivity index (χ4v) is 3.86. The molecule has 1 aromatic carbocycles. The molecule has 0 spiro atoms. The molecule has 118 valence electrons. The molecule has 1 saturated heterocycles. The summed E-state index contributed by atoms with van der Waals surface area (Å²) in [6.45, 7) is 7.85. The Morgan fingerprint density at radius 2 is 1.95 bits per heavy atom. The van der Waals surface area contributed by atoms with Crippen LogP contribution in [0.2, 0.25) is 0 Å². The van der Waals surface area contributed by atoms with Crippen molar-refractivity contribution >= 4 is 0 Å². The van der Waals surface area contributed by atoms with Crippen molar-refractivity contribution in [3.05, 3.63) is 35.9 Å². The maximum Gasteiger partial charge on any atom is 0.0284 e. The normalized spacial score (nSPS) is 23.5. The van der Waals surface area contributed by atoms with E-state index in [-0.39, 0.29) is 0 Å². The Hall–Kier alpha value is -0.860. The zero-order valence-electron chi connectivity index (χ0n) is 13.8. The van der Waals surface area contributed by atoms with Gasteiger partial charge in [0.05, 0.1) is 0 Å². The standard InChI is InChI=1S/C19H32N2/c1-3-8-17-9-7-13-21(14-12-17)19(15-20)16(2)18-10-5-4-6-11-18/h4-6,10-11,16-17,19H,3,7-9,12-15,20H2,1-2H3. The highest BCUT2D eigenvalue weighted by molar-refractivity contribution is 5.20. The molecule has 1 aliphatic heterocycles. The minimum Gasteiger partial charge on any atom is -0.329 e. The quantitative estimate of drug-likeness (QED) is 0.856. The molecule has 1 aliphatic rings. The van der Waals surface area contributed by atoms with E-state index in [1.807, 2.05) is 0 Å². The first-order chi connectivity index (χ1) is 10.3. The van der Waals surface area contributed by atoms with Gasteiger partial charge in [-0.25, -0.2) is 0 Å². The third-order valence-corrected chi connectivity index (χ3v) is 5.19. The van der Waals surface area contributed by atoms with Gasteiger partial charge in [0.15, 0.2) is 0 Å². The van der Waals surface area contributed by atoms with Crippen molar-refractivity contribution in [2.45, 2.75) is 57.9 Å². The molecular weight excluding hydrogens is 256 g/mol. The zero-order valence-corrected chi connectivity index (χ0v) is 13.8. The van der Waals surface area contributed by atoms with Gasteiger partial charge in [0.2, 0.25) is 0 Å². The molecule has 2 heteroatoms. The number of hydrogen-bond acceptors (Lipinski definition) is 2. The minimum atomic E-state index is 0.479. The van der Waals surface area contributed by atoms with E-state index in [0.717, 1.165) is 12.5 Å². The van der Waals surface area contributed by atoms with E-state index in [1.165, 1.54) is 50.8 Å². The average molecular weight is 288 g/mol. The lowest BCUT2D eigenvalue weighted by atomic mass is 9.92. The van der Waals surface area contributed by atoms with Crippen LogP contribution < -0.4 is 5.73 Å². The monoisotopic (exact) mass is 288 g/mol. The summed E-state index contributed by atoms with van der Waals surface area (Å²) in [5, 5.41) is 0. The average Bonchev–Trinajstić information content (AvgIpc) is 2.75. The SMILES string of the molecule is CCCC1CCCN(C(CN)C(C)c2ccccc2)CC1. The number of nitrogens with zero attached hydrogens (tertiary/aromatic N) is 1. The maximum absolute atomic E-state index is 6.14. The summed E-state index contributed by atoms with van der Waals surface area (Å²) >= 11 is 0. The van der Waals surface area contributed by atoms with E-state index in [1.54, 1.807) is 0 Å². The molecule has 21 heavy (non-hydrogen) atoms. The Morgan fingerprint density at radius 3 is 2.62 bits per heavy atom. The fraction of sp³-hybridized carbons (Fsp3) is 0.684. The van der Waals surface area contributed by atoms with Crippen molar-refractivity contribution in [2.24, 2.45) is 11.7 Å². The van der Waals surface area contributed by atoms with Gasteiger partial charge in [-0.15, -0.1) is 0 Å². The van der Waals surface area contributed by atoms with Crippen molar-refractivity contribution in [1.29, 1.82) is 0 Å². The molecule has 1 aromatic rings. The van der Waals surface area contributed by atoms with Gasteiger partial charge in [0, 0.05) is 12.6 Å². The van der Waals surface area contributed by atoms with E-state index >= 15 is 0 Å². The van der Waals surface area contributed by atoms with Gasteiger partial charge in [-0.1, -0.05) is 57.0 Å². The summed E-state index contributed by atoms with van der Waals surface area (Å²) < 4.78 is 0. The van der Waals surface area contributed by atoms with E-state index in [9.17, 15) is 0 Å². The Kier molecular flexibility index (Phi) is 6.72. The molecule has 2 rings (SSSR count). The van der Waals surface area contributed by atoms with E-state index in [4.69, 9.17) is 5.73 Å². The molecule has 1 fully saturated rings. The molecule has 2 N–H and O–H groups in total. The number of benzene rings is 1. The minimum absolute atomic E-state index is 0.479. The van der Waals surface area contributed by atoms with Crippen LogP contribution in [0.25, 0.3) is 0 Å². The first kappa shape index (κ1) is 16.5. The second kappa shape index (κ2) is 8.55. The fourth-order valence-electron chi connectivity index (χ4n) is 3.86. The molecular formula is C19H32N2. The lowest BCUT2D eigenvalue weighted by Crippen LogP contribution is -2.44. The van der Waals surface area contributed by atoms with Gasteiger partial charge in [-0.3, -0.25) is 4.90 Å². The molecule has 3 atom stereocenters. The molecule has 2 nitrogen and oxygen atoms in total. The van der Waals surface area contributed by atoms with Crippen molar-refractivity contribution in [2.75, 3.05) is 19.6 Å². The first-order valence-corrected chi connectivity index (χ1v) is 8.75. The first-order valence-electron chi connectivity index (χ1n) is 8.75. The van der Waals surface area contributed by atoms with Crippen LogP contribution in [0, 0.1) is 5.92 Å². The largest absolute Gasteiger partial charge is 0.329 e. The smallest absolute Gasteiger partial charge is 0.0284 e. The summed E-state index contributed by atoms with van der Waals surface area (Å²) in [4.78, 5) is 2.66. The van der Waals surface area contributed by atoms with Crippen LogP contribution in [0.4, 0.5) is 0 Å². The van der Waals surface area contributed by atoms with Gasteiger partial charge in [0.25, 0.3) is 0 Å². The van der Waals surface area contributed by atoms with E-state index in [0.29, 0.717) is 12.0 Å². The van der Waals surface area contributed by atoms with Gasteiger partial charge in [0.1, 0.15) is 0 Å². The zero-order chi connectivity index (χ0) is 15.1. The molecule has 0 radical (unpaired) electrons. The Balaban J connectivity index is 2.00. The lowest BCUT2D eigenvalue weighted by molar-refractivity contribution is 0.183. The molecule has 3 unspecified atom stereocenters. The van der Waals surface area contributed by atoms with Crippen LogP contribution in [0.3, 0.4) is 0 Å². The number of rotatable bonds is 6. The summed E-state index contributed by atoms with van der Waals surface area (Å²) in [5.74, 6) is 1.45. The number of nitrogens with two attached hydrogens (primary N) is 1. The van der Waals surface area contributed by atoms with Crippen LogP contribution in [0.1, 0.15) is 57.4 Å². The number of hydrogen-bond donors (Lipinski definition) is 1. The van der Waals surface area contributed by atoms with Crippen molar-refractivity contribution in [3.63, 3.8) is 0 Å². The predicted molar refractivity (Wildman–Crippen MR) is 91.5 cm³/mol. The summed E-state index contributed by atoms with van der Waals surface area (Å²) in [5.41, 5.74) is 7.56. The third-order valence-electron chi connectivity index (χ3n) is 5.19. The summed E-state index contributed by atoms with van der Waals surface area (Å²) in [7, 11) is 0. The van der Waals surface area contributed by atoms with Crippen molar-refractivity contribution in [1.82, 2.24) is 4.90 Å². The van der Waals surface area contributed by atoms with E-state index < -0.39 is 0 Å². The molecule has 1 heterocycles. The molecule has 0 bridgehead atoms. The highest BCUT2D eigenvalue weighted by atomic mass is 15.2. The molecule has 0 saturated carbocycles. The van der Waals surface area contributed by atoms with Crippen LogP contribution in [0.15, 0.2) is 30.3 Å². The van der Waals surface area contributed by atoms with Gasteiger partial charge in [-0.2, -0.15) is 0 Å². The van der Waals surface area contributed by atoms with Crippen LogP contribution in [-0.4, -0.2) is 30.6 Å². The van der Waals surface area contributed by atoms with Crippen molar-refractivity contribution < 1.29 is 0 Å². The Morgan fingerprint density at radius 1 is 1.19 bits per heavy atom. The summed E-state index contributed by atoms with van der Waals surface area (Å²) in [6.07, 6.45) is 6.82. The third kappa shape index (κ3) is 4.55. The lowest BCUT2D eigenvalue weighted by Gasteiger charge is -2.34. The molecule has 0 aliphatic carbocycles. The molecule has 0 aromatic heterocycles. The van der Waals surface area contributed by atoms with Crippen LogP contribution in [-0.2, 0) is 0 Å². The van der Waals surface area contributed by atoms with Gasteiger partial charge >= 0.3 is 0 Å². The van der Waals surface area contributed by atoms with Crippen molar-refractivity contribution in [3.8, 4) is 0 Å². The molecule has 0 amide bonds. The maximum atomic E-state index is 6.14. The Labute approximate surface area is 130 Å². The van der Waals surface area contributed by atoms with Gasteiger partial charge in [-0.05, 0) is 49.8 Å². The second-order valence-electron chi connectivity index (χ2n) is 6.62. The topological polar surface area (TPSA) is 29.3 Å². The Bertz CT molecular complexity index is 390. The van der Waals surface area contributed by atoms with Crippen LogP contribution in [0.5, 0.6) is 0 Å². The second-order valence-corrected chi connectivity index (χ2v) is 6.62. The highest BCUT2D eigenvalue weighted by Crippen LogP contribution is 2.27. The van der Waals surface area contributed by atoms with Crippen LogP contribution >= 0.6 is 0 Å². The summed E-state index contributed by atoms with van der Waals surface area (Å²) in [6, 6.07) is 11.3. The van der Waals surface area contributed by atoms with E-state index in [2.05, 4.69) is 49.1 Å². The predicted octanol–water partition coefficient (Wildman–Crippen LogP) is 4.02. The highest BCUT2D eigenvalue weighted by Gasteiger charge is 2.26. The van der Waals surface area contributed by atoms with Gasteiger partial charge < -0.3 is 5.73 Å².